The Balaban J connectivity index is 1.19. The van der Waals surface area contributed by atoms with Crippen molar-refractivity contribution in [1.82, 2.24) is 9.80 Å². The number of nitrogens with zero attached hydrogens (tertiary/aromatic N) is 2. The van der Waals surface area contributed by atoms with Gasteiger partial charge in [0.2, 0.25) is 5.91 Å². The van der Waals surface area contributed by atoms with Gasteiger partial charge >= 0.3 is 0 Å². The molecule has 4 rings (SSSR count). The Labute approximate surface area is 167 Å². The van der Waals surface area contributed by atoms with Crippen molar-refractivity contribution in [2.75, 3.05) is 38.0 Å². The molecule has 0 bridgehead atoms. The first-order valence-electron chi connectivity index (χ1n) is 10.9. The number of nitrogens with one attached hydrogen (secondary N) is 1. The minimum absolute atomic E-state index is 0.00609. The number of ether oxygens (including phenoxy) is 1. The Bertz CT molecular complexity index is 631. The first-order valence-corrected chi connectivity index (χ1v) is 10.9. The summed E-state index contributed by atoms with van der Waals surface area (Å²) >= 11 is 0. The first-order chi connectivity index (χ1) is 13.7. The van der Waals surface area contributed by atoms with E-state index >= 15 is 0 Å². The number of benzene rings is 1. The second-order valence-corrected chi connectivity index (χ2v) is 8.52. The number of amides is 1. The van der Waals surface area contributed by atoms with Gasteiger partial charge in [0.05, 0.1) is 12.6 Å². The minimum atomic E-state index is -0.211. The Morgan fingerprint density at radius 3 is 2.29 bits per heavy atom. The summed E-state index contributed by atoms with van der Waals surface area (Å²) in [6.07, 6.45) is 7.92. The highest BCUT2D eigenvalue weighted by atomic mass is 16.5. The third-order valence-electron chi connectivity index (χ3n) is 6.43. The largest absolute Gasteiger partial charge is 0.490 e. The summed E-state index contributed by atoms with van der Waals surface area (Å²) in [6.45, 7) is 4.24. The van der Waals surface area contributed by atoms with E-state index in [1.54, 1.807) is 0 Å². The predicted octanol–water partition coefficient (Wildman–Crippen LogP) is 2.48. The average molecular weight is 388 g/mol. The van der Waals surface area contributed by atoms with Crippen molar-refractivity contribution in [3.63, 3.8) is 0 Å². The molecule has 3 aliphatic rings. The number of carbonyl (C=O) groups is 1. The smallest absolute Gasteiger partial charge is 0.238 e. The molecule has 6 nitrogen and oxygen atoms in total. The lowest BCUT2D eigenvalue weighted by Crippen LogP contribution is -2.46. The molecule has 1 aliphatic carbocycles. The normalized spacial score (nSPS) is 23.3. The van der Waals surface area contributed by atoms with E-state index in [4.69, 9.17) is 4.74 Å². The molecule has 6 heteroatoms. The van der Waals surface area contributed by atoms with E-state index in [1.165, 1.54) is 19.3 Å². The van der Waals surface area contributed by atoms with E-state index in [-0.39, 0.29) is 12.0 Å². The summed E-state index contributed by atoms with van der Waals surface area (Å²) in [4.78, 5) is 17.0. The molecule has 28 heavy (non-hydrogen) atoms. The molecule has 154 valence electrons. The fraction of sp³-hybridized carbons (Fsp3) is 0.682. The fourth-order valence-electron chi connectivity index (χ4n) is 4.40. The molecule has 2 N–H and O–H groups in total. The second kappa shape index (κ2) is 9.25. The van der Waals surface area contributed by atoms with Crippen molar-refractivity contribution in [1.29, 1.82) is 0 Å². The number of hydrogen-bond donors (Lipinski definition) is 2. The molecule has 2 saturated heterocycles. The van der Waals surface area contributed by atoms with Gasteiger partial charge in [-0.05, 0) is 62.8 Å². The summed E-state index contributed by atoms with van der Waals surface area (Å²) in [5.41, 5.74) is 0.800. The number of carbonyl (C=O) groups excluding carboxylic acids is 1. The van der Waals surface area contributed by atoms with Crippen molar-refractivity contribution in [2.24, 2.45) is 0 Å². The third kappa shape index (κ3) is 5.25. The quantitative estimate of drug-likeness (QED) is 0.785. The zero-order chi connectivity index (χ0) is 19.3. The molecular formula is C22H33N3O3. The van der Waals surface area contributed by atoms with Crippen LogP contribution in [0.4, 0.5) is 5.69 Å². The van der Waals surface area contributed by atoms with E-state index in [0.717, 1.165) is 69.3 Å². The van der Waals surface area contributed by atoms with Crippen LogP contribution in [0.15, 0.2) is 24.3 Å². The van der Waals surface area contributed by atoms with Gasteiger partial charge in [0, 0.05) is 37.9 Å². The Kier molecular flexibility index (Phi) is 6.50. The lowest BCUT2D eigenvalue weighted by Gasteiger charge is -2.41. The van der Waals surface area contributed by atoms with Crippen LogP contribution in [0.3, 0.4) is 0 Å². The Morgan fingerprint density at radius 2 is 1.68 bits per heavy atom. The van der Waals surface area contributed by atoms with Crippen LogP contribution < -0.4 is 10.1 Å². The molecule has 0 radical (unpaired) electrons. The van der Waals surface area contributed by atoms with Crippen molar-refractivity contribution >= 4 is 11.6 Å². The number of anilines is 1. The SMILES string of the molecule is O=C(CN1CCC(O)CC1)Nc1ccc(OC2CCN(C3CCC3)CC2)cc1. The van der Waals surface area contributed by atoms with E-state index in [1.807, 2.05) is 24.3 Å². The lowest BCUT2D eigenvalue weighted by atomic mass is 9.90. The zero-order valence-electron chi connectivity index (χ0n) is 16.7. The third-order valence-corrected chi connectivity index (χ3v) is 6.43. The molecule has 1 saturated carbocycles. The van der Waals surface area contributed by atoms with Crippen LogP contribution >= 0.6 is 0 Å². The highest BCUT2D eigenvalue weighted by Gasteiger charge is 2.29. The molecule has 0 atom stereocenters. The summed E-state index contributed by atoms with van der Waals surface area (Å²) < 4.78 is 6.16. The summed E-state index contributed by atoms with van der Waals surface area (Å²) in [5.74, 6) is 0.874. The van der Waals surface area contributed by atoms with Crippen molar-refractivity contribution in [3.8, 4) is 5.75 Å². The van der Waals surface area contributed by atoms with Gasteiger partial charge in [0.25, 0.3) is 0 Å². The summed E-state index contributed by atoms with van der Waals surface area (Å²) in [5, 5.41) is 12.5. The van der Waals surface area contributed by atoms with Crippen LogP contribution in [0.1, 0.15) is 44.9 Å². The highest BCUT2D eigenvalue weighted by Crippen LogP contribution is 2.28. The number of likely N-dealkylation sites (tertiary alicyclic amines) is 2. The summed E-state index contributed by atoms with van der Waals surface area (Å²) in [6, 6.07) is 8.56. The maximum atomic E-state index is 12.2. The molecule has 1 aromatic carbocycles. The molecular weight excluding hydrogens is 354 g/mol. The van der Waals surface area contributed by atoms with Crippen molar-refractivity contribution in [2.45, 2.75) is 63.2 Å². The van der Waals surface area contributed by atoms with Crippen molar-refractivity contribution < 1.29 is 14.6 Å². The standard InChI is InChI=1S/C22H33N3O3/c26-19-8-12-24(13-9-19)16-22(27)23-17-4-6-20(7-5-17)28-21-10-14-25(15-11-21)18-2-1-3-18/h4-7,18-19,21,26H,1-3,8-16H2,(H,23,27). The monoisotopic (exact) mass is 387 g/mol. The maximum Gasteiger partial charge on any atom is 0.238 e. The van der Waals surface area contributed by atoms with E-state index in [9.17, 15) is 9.90 Å². The van der Waals surface area contributed by atoms with Gasteiger partial charge < -0.3 is 20.1 Å². The number of hydrogen-bond acceptors (Lipinski definition) is 5. The van der Waals surface area contributed by atoms with E-state index in [2.05, 4.69) is 15.1 Å². The molecule has 1 aromatic rings. The fourth-order valence-corrected chi connectivity index (χ4v) is 4.40. The molecule has 2 heterocycles. The van der Waals surface area contributed by atoms with Gasteiger partial charge in [-0.15, -0.1) is 0 Å². The Hall–Kier alpha value is -1.63. The Morgan fingerprint density at radius 1 is 1.00 bits per heavy atom. The van der Waals surface area contributed by atoms with E-state index in [0.29, 0.717) is 12.6 Å². The molecule has 0 unspecified atom stereocenters. The second-order valence-electron chi connectivity index (χ2n) is 8.52. The molecule has 1 amide bonds. The number of piperidine rings is 2. The molecule has 2 aliphatic heterocycles. The van der Waals surface area contributed by atoms with Crippen LogP contribution in [0.25, 0.3) is 0 Å². The van der Waals surface area contributed by atoms with Gasteiger partial charge in [-0.25, -0.2) is 0 Å². The van der Waals surface area contributed by atoms with Crippen LogP contribution in [-0.4, -0.2) is 71.8 Å². The zero-order valence-corrected chi connectivity index (χ0v) is 16.7. The van der Waals surface area contributed by atoms with Gasteiger partial charge in [0.1, 0.15) is 11.9 Å². The van der Waals surface area contributed by atoms with Gasteiger partial charge in [-0.2, -0.15) is 0 Å². The number of aliphatic hydroxyl groups is 1. The minimum Gasteiger partial charge on any atom is -0.490 e. The van der Waals surface area contributed by atoms with Crippen LogP contribution in [0.5, 0.6) is 5.75 Å². The van der Waals surface area contributed by atoms with Gasteiger partial charge in [-0.3, -0.25) is 9.69 Å². The lowest BCUT2D eigenvalue weighted by molar-refractivity contribution is -0.117. The highest BCUT2D eigenvalue weighted by molar-refractivity contribution is 5.92. The van der Waals surface area contributed by atoms with Crippen LogP contribution in [-0.2, 0) is 4.79 Å². The van der Waals surface area contributed by atoms with Crippen molar-refractivity contribution in [3.05, 3.63) is 24.3 Å². The van der Waals surface area contributed by atoms with Crippen LogP contribution in [0, 0.1) is 0 Å². The first kappa shape index (κ1) is 19.7. The maximum absolute atomic E-state index is 12.2. The number of rotatable bonds is 6. The predicted molar refractivity (Wildman–Crippen MR) is 110 cm³/mol. The number of aliphatic hydroxyl groups excluding tert-OH is 1. The van der Waals surface area contributed by atoms with Gasteiger partial charge in [-0.1, -0.05) is 6.42 Å². The van der Waals surface area contributed by atoms with Gasteiger partial charge in [0.15, 0.2) is 0 Å². The topological polar surface area (TPSA) is 65.0 Å². The van der Waals surface area contributed by atoms with Crippen LogP contribution in [0.2, 0.25) is 0 Å². The molecule has 0 spiro atoms. The molecule has 3 fully saturated rings. The van der Waals surface area contributed by atoms with E-state index < -0.39 is 0 Å². The molecule has 0 aromatic heterocycles. The summed E-state index contributed by atoms with van der Waals surface area (Å²) in [7, 11) is 0. The average Bonchev–Trinajstić information content (AvgIpc) is 2.65.